The number of carbonyl (C=O) groups excluding carboxylic acids is 1. The summed E-state index contributed by atoms with van der Waals surface area (Å²) in [5, 5.41) is 0.672. The van der Waals surface area contributed by atoms with Crippen LogP contribution in [0.5, 0.6) is 0 Å². The lowest BCUT2D eigenvalue weighted by Gasteiger charge is -2.32. The predicted octanol–water partition coefficient (Wildman–Crippen LogP) is 2.80. The molecule has 1 aliphatic heterocycles. The topological polar surface area (TPSA) is 23.6 Å². The van der Waals surface area contributed by atoms with Gasteiger partial charge in [0.05, 0.1) is 6.54 Å². The van der Waals surface area contributed by atoms with Crippen LogP contribution in [0.4, 0.5) is 0 Å². The van der Waals surface area contributed by atoms with Crippen LogP contribution in [0.2, 0.25) is 5.02 Å². The molecule has 110 valence electrons. The second-order valence-corrected chi connectivity index (χ2v) is 6.35. The van der Waals surface area contributed by atoms with E-state index in [9.17, 15) is 4.79 Å². The fourth-order valence-corrected chi connectivity index (χ4v) is 2.90. The van der Waals surface area contributed by atoms with Crippen LogP contribution in [0.25, 0.3) is 0 Å². The van der Waals surface area contributed by atoms with Gasteiger partial charge in [0.15, 0.2) is 5.78 Å². The molecule has 0 unspecified atom stereocenters. The third-order valence-electron chi connectivity index (χ3n) is 3.86. The van der Waals surface area contributed by atoms with E-state index in [1.807, 2.05) is 12.1 Å². The first-order valence-electron chi connectivity index (χ1n) is 7.20. The zero-order valence-electron chi connectivity index (χ0n) is 12.3. The minimum atomic E-state index is 0.188. The van der Waals surface area contributed by atoms with E-state index in [1.54, 1.807) is 12.1 Å². The maximum Gasteiger partial charge on any atom is 0.176 e. The molecule has 0 spiro atoms. The molecule has 0 atom stereocenters. The van der Waals surface area contributed by atoms with Gasteiger partial charge >= 0.3 is 0 Å². The van der Waals surface area contributed by atoms with E-state index in [0.29, 0.717) is 11.6 Å². The number of hydrogen-bond acceptors (Lipinski definition) is 3. The smallest absolute Gasteiger partial charge is 0.176 e. The Labute approximate surface area is 126 Å². The summed E-state index contributed by atoms with van der Waals surface area (Å²) in [5.41, 5.74) is 0.754. The van der Waals surface area contributed by atoms with E-state index in [1.165, 1.54) is 12.8 Å². The Morgan fingerprint density at radius 2 is 1.85 bits per heavy atom. The number of carbonyl (C=O) groups is 1. The van der Waals surface area contributed by atoms with Crippen LogP contribution in [-0.4, -0.2) is 55.9 Å². The summed E-state index contributed by atoms with van der Waals surface area (Å²) in [7, 11) is 4.24. The van der Waals surface area contributed by atoms with Crippen molar-refractivity contribution >= 4 is 17.4 Å². The predicted molar refractivity (Wildman–Crippen MR) is 83.5 cm³/mol. The Morgan fingerprint density at radius 1 is 1.25 bits per heavy atom. The maximum absolute atomic E-state index is 12.2. The molecule has 0 N–H and O–H groups in total. The largest absolute Gasteiger partial charge is 0.309 e. The van der Waals surface area contributed by atoms with Gasteiger partial charge in [-0.1, -0.05) is 11.6 Å². The quantitative estimate of drug-likeness (QED) is 0.780. The van der Waals surface area contributed by atoms with Crippen molar-refractivity contribution in [2.24, 2.45) is 5.92 Å². The van der Waals surface area contributed by atoms with Crippen molar-refractivity contribution in [2.45, 2.75) is 12.8 Å². The second-order valence-electron chi connectivity index (χ2n) is 5.91. The summed E-state index contributed by atoms with van der Waals surface area (Å²) in [5.74, 6) is 0.958. The summed E-state index contributed by atoms with van der Waals surface area (Å²) in [6.45, 7) is 3.73. The second kappa shape index (κ2) is 7.21. The van der Waals surface area contributed by atoms with E-state index in [2.05, 4.69) is 23.9 Å². The van der Waals surface area contributed by atoms with Crippen LogP contribution in [0, 0.1) is 5.92 Å². The Hall–Kier alpha value is -0.900. The molecule has 0 aliphatic carbocycles. The van der Waals surface area contributed by atoms with Crippen LogP contribution in [0.3, 0.4) is 0 Å². The fraction of sp³-hybridized carbons (Fsp3) is 0.562. The molecular weight excluding hydrogens is 272 g/mol. The number of nitrogens with zero attached hydrogens (tertiary/aromatic N) is 2. The minimum Gasteiger partial charge on any atom is -0.309 e. The van der Waals surface area contributed by atoms with Crippen molar-refractivity contribution in [2.75, 3.05) is 40.3 Å². The van der Waals surface area contributed by atoms with E-state index < -0.39 is 0 Å². The molecule has 0 radical (unpaired) electrons. The van der Waals surface area contributed by atoms with E-state index in [-0.39, 0.29) is 5.78 Å². The maximum atomic E-state index is 12.2. The van der Waals surface area contributed by atoms with Crippen LogP contribution in [-0.2, 0) is 0 Å². The van der Waals surface area contributed by atoms with Gasteiger partial charge in [-0.15, -0.1) is 0 Å². The van der Waals surface area contributed by atoms with Crippen molar-refractivity contribution in [1.29, 1.82) is 0 Å². The van der Waals surface area contributed by atoms with Crippen molar-refractivity contribution in [3.8, 4) is 0 Å². The van der Waals surface area contributed by atoms with Crippen LogP contribution >= 0.6 is 11.6 Å². The number of Topliss-reactive ketones (excluding diaryl/α,β-unsaturated/α-hetero) is 1. The lowest BCUT2D eigenvalue weighted by molar-refractivity contribution is 0.0886. The molecule has 1 aliphatic rings. The number of likely N-dealkylation sites (tertiary alicyclic amines) is 1. The van der Waals surface area contributed by atoms with Gasteiger partial charge in [-0.3, -0.25) is 9.69 Å². The third-order valence-corrected chi connectivity index (χ3v) is 4.12. The first kappa shape index (κ1) is 15.5. The van der Waals surface area contributed by atoms with Crippen molar-refractivity contribution in [3.63, 3.8) is 0 Å². The molecule has 0 bridgehead atoms. The highest BCUT2D eigenvalue weighted by atomic mass is 35.5. The molecule has 4 heteroatoms. The number of hydrogen-bond donors (Lipinski definition) is 0. The normalized spacial score (nSPS) is 17.6. The van der Waals surface area contributed by atoms with Crippen molar-refractivity contribution in [3.05, 3.63) is 34.9 Å². The monoisotopic (exact) mass is 294 g/mol. The SMILES string of the molecule is CN(C)CC1CCN(CC(=O)c2ccc(Cl)cc2)CC1. The number of piperidine rings is 1. The molecule has 20 heavy (non-hydrogen) atoms. The van der Waals surface area contributed by atoms with E-state index >= 15 is 0 Å². The van der Waals surface area contributed by atoms with Crippen molar-refractivity contribution < 1.29 is 4.79 Å². The Bertz CT molecular complexity index is 436. The molecule has 1 fully saturated rings. The molecule has 1 heterocycles. The molecule has 0 saturated carbocycles. The van der Waals surface area contributed by atoms with Gasteiger partial charge in [0.25, 0.3) is 0 Å². The van der Waals surface area contributed by atoms with E-state index in [4.69, 9.17) is 11.6 Å². The average molecular weight is 295 g/mol. The summed E-state index contributed by atoms with van der Waals surface area (Å²) >= 11 is 5.84. The molecule has 1 saturated heterocycles. The summed E-state index contributed by atoms with van der Waals surface area (Å²) in [6.07, 6.45) is 2.37. The van der Waals surface area contributed by atoms with Gasteiger partial charge in [0.1, 0.15) is 0 Å². The van der Waals surface area contributed by atoms with Crippen molar-refractivity contribution in [1.82, 2.24) is 9.80 Å². The highest BCUT2D eigenvalue weighted by molar-refractivity contribution is 6.30. The standard InChI is InChI=1S/C16H23ClN2O/c1-18(2)11-13-7-9-19(10-8-13)12-16(20)14-3-5-15(17)6-4-14/h3-6,13H,7-12H2,1-2H3. The minimum absolute atomic E-state index is 0.188. The van der Waals surface area contributed by atoms with E-state index in [0.717, 1.165) is 31.1 Å². The Kier molecular flexibility index (Phi) is 5.58. The summed E-state index contributed by atoms with van der Waals surface area (Å²) in [4.78, 5) is 16.7. The summed E-state index contributed by atoms with van der Waals surface area (Å²) < 4.78 is 0. The molecule has 2 rings (SSSR count). The number of halogens is 1. The first-order chi connectivity index (χ1) is 9.54. The molecule has 1 aromatic rings. The van der Waals surface area contributed by atoms with Crippen LogP contribution in [0.1, 0.15) is 23.2 Å². The third kappa shape index (κ3) is 4.58. The average Bonchev–Trinajstić information content (AvgIpc) is 2.41. The van der Waals surface area contributed by atoms with Crippen LogP contribution in [0.15, 0.2) is 24.3 Å². The zero-order valence-corrected chi connectivity index (χ0v) is 13.1. The first-order valence-corrected chi connectivity index (χ1v) is 7.58. The van der Waals surface area contributed by atoms with Gasteiger partial charge in [-0.25, -0.2) is 0 Å². The molecule has 3 nitrogen and oxygen atoms in total. The zero-order chi connectivity index (χ0) is 14.5. The van der Waals surface area contributed by atoms with Gasteiger partial charge in [0, 0.05) is 17.1 Å². The summed E-state index contributed by atoms with van der Waals surface area (Å²) in [6, 6.07) is 7.17. The number of benzene rings is 1. The Balaban J connectivity index is 1.80. The lowest BCUT2D eigenvalue weighted by atomic mass is 9.96. The highest BCUT2D eigenvalue weighted by Gasteiger charge is 2.21. The fourth-order valence-electron chi connectivity index (χ4n) is 2.77. The lowest BCUT2D eigenvalue weighted by Crippen LogP contribution is -2.39. The highest BCUT2D eigenvalue weighted by Crippen LogP contribution is 2.18. The molecular formula is C16H23ClN2O. The van der Waals surface area contributed by atoms with Gasteiger partial charge in [-0.05, 0) is 70.2 Å². The van der Waals surface area contributed by atoms with Gasteiger partial charge < -0.3 is 4.90 Å². The Morgan fingerprint density at radius 3 is 2.40 bits per heavy atom. The molecule has 0 amide bonds. The molecule has 1 aromatic carbocycles. The molecule has 0 aromatic heterocycles. The number of ketones is 1. The number of rotatable bonds is 5. The van der Waals surface area contributed by atoms with Gasteiger partial charge in [0.2, 0.25) is 0 Å². The van der Waals surface area contributed by atoms with Crippen LogP contribution < -0.4 is 0 Å². The van der Waals surface area contributed by atoms with Gasteiger partial charge in [-0.2, -0.15) is 0 Å².